The van der Waals surface area contributed by atoms with Crippen molar-refractivity contribution in [1.82, 2.24) is 10.2 Å². The molecule has 0 unspecified atom stereocenters. The van der Waals surface area contributed by atoms with E-state index in [0.717, 1.165) is 12.6 Å². The van der Waals surface area contributed by atoms with Crippen molar-refractivity contribution in [3.8, 4) is 11.5 Å². The number of ether oxygens (including phenoxy) is 2. The van der Waals surface area contributed by atoms with Gasteiger partial charge in [0.1, 0.15) is 0 Å². The number of hydrogen-bond donors (Lipinski definition) is 2. The molecule has 2 N–H and O–H groups in total. The quantitative estimate of drug-likeness (QED) is 0.814. The summed E-state index contributed by atoms with van der Waals surface area (Å²) in [7, 11) is 3.18. The van der Waals surface area contributed by atoms with Crippen LogP contribution in [0.1, 0.15) is 38.5 Å². The Morgan fingerprint density at radius 1 is 1.08 bits per heavy atom. The first-order valence-electron chi connectivity index (χ1n) is 9.70. The van der Waals surface area contributed by atoms with Crippen LogP contribution < -0.4 is 20.1 Å². The van der Waals surface area contributed by atoms with E-state index in [9.17, 15) is 4.79 Å². The summed E-state index contributed by atoms with van der Waals surface area (Å²) in [5.41, 5.74) is 0.691. The second-order valence-corrected chi connectivity index (χ2v) is 7.32. The number of carbonyl (C=O) groups excluding carboxylic acids is 1. The molecular weight excluding hydrogens is 330 g/mol. The van der Waals surface area contributed by atoms with Crippen molar-refractivity contribution >= 4 is 11.7 Å². The molecule has 0 spiro atoms. The summed E-state index contributed by atoms with van der Waals surface area (Å²) in [6, 6.07) is 6.00. The highest BCUT2D eigenvalue weighted by molar-refractivity contribution is 5.89. The van der Waals surface area contributed by atoms with E-state index in [1.165, 1.54) is 51.6 Å². The van der Waals surface area contributed by atoms with Crippen LogP contribution in [0.2, 0.25) is 0 Å². The number of methoxy groups -OCH3 is 2. The lowest BCUT2D eigenvalue weighted by Crippen LogP contribution is -2.43. The van der Waals surface area contributed by atoms with Gasteiger partial charge in [0.2, 0.25) is 0 Å². The maximum Gasteiger partial charge on any atom is 0.319 e. The largest absolute Gasteiger partial charge is 0.493 e. The predicted molar refractivity (Wildman–Crippen MR) is 103 cm³/mol. The molecule has 2 amide bonds. The molecule has 3 rings (SSSR count). The Morgan fingerprint density at radius 3 is 2.42 bits per heavy atom. The van der Waals surface area contributed by atoms with Gasteiger partial charge in [0.15, 0.2) is 11.5 Å². The predicted octanol–water partition coefficient (Wildman–Crippen LogP) is 3.48. The Hall–Kier alpha value is -1.95. The minimum atomic E-state index is -0.171. The van der Waals surface area contributed by atoms with Gasteiger partial charge in [0, 0.05) is 24.3 Å². The minimum Gasteiger partial charge on any atom is -0.493 e. The Bertz CT molecular complexity index is 594. The number of likely N-dealkylation sites (tertiary alicyclic amines) is 1. The molecule has 1 aromatic rings. The standard InChI is InChI=1S/C20H31N3O3/c1-25-18-8-7-16(13-19(18)26-2)22-20(24)21-14-15-9-11-23(12-10-15)17-5-3-4-6-17/h7-8,13,15,17H,3-6,9-12,14H2,1-2H3,(H2,21,22,24). The van der Waals surface area contributed by atoms with E-state index in [4.69, 9.17) is 9.47 Å². The number of carbonyl (C=O) groups is 1. The fraction of sp³-hybridized carbons (Fsp3) is 0.650. The highest BCUT2D eigenvalue weighted by atomic mass is 16.5. The lowest BCUT2D eigenvalue weighted by atomic mass is 9.95. The number of nitrogens with one attached hydrogen (secondary N) is 2. The first-order valence-corrected chi connectivity index (χ1v) is 9.70. The average molecular weight is 361 g/mol. The lowest BCUT2D eigenvalue weighted by Gasteiger charge is -2.36. The van der Waals surface area contributed by atoms with Crippen LogP contribution in [0.5, 0.6) is 11.5 Å². The van der Waals surface area contributed by atoms with E-state index < -0.39 is 0 Å². The highest BCUT2D eigenvalue weighted by Gasteiger charge is 2.27. The summed E-state index contributed by atoms with van der Waals surface area (Å²) in [5.74, 6) is 1.82. The van der Waals surface area contributed by atoms with Crippen LogP contribution in [0.25, 0.3) is 0 Å². The van der Waals surface area contributed by atoms with Crippen molar-refractivity contribution in [3.63, 3.8) is 0 Å². The second kappa shape index (κ2) is 9.12. The van der Waals surface area contributed by atoms with Crippen LogP contribution in [0, 0.1) is 5.92 Å². The topological polar surface area (TPSA) is 62.8 Å². The summed E-state index contributed by atoms with van der Waals surface area (Å²) < 4.78 is 10.5. The van der Waals surface area contributed by atoms with Gasteiger partial charge in [0.25, 0.3) is 0 Å². The average Bonchev–Trinajstić information content (AvgIpc) is 3.21. The van der Waals surface area contributed by atoms with E-state index >= 15 is 0 Å². The molecule has 144 valence electrons. The van der Waals surface area contributed by atoms with Crippen LogP contribution in [-0.2, 0) is 0 Å². The molecule has 2 aliphatic rings. The highest BCUT2D eigenvalue weighted by Crippen LogP contribution is 2.30. The number of benzene rings is 1. The Morgan fingerprint density at radius 2 is 1.77 bits per heavy atom. The van der Waals surface area contributed by atoms with Crippen molar-refractivity contribution in [2.24, 2.45) is 5.92 Å². The van der Waals surface area contributed by atoms with Gasteiger partial charge in [-0.25, -0.2) is 4.79 Å². The maximum atomic E-state index is 12.2. The van der Waals surface area contributed by atoms with Gasteiger partial charge in [-0.05, 0) is 56.8 Å². The Kier molecular flexibility index (Phi) is 6.61. The van der Waals surface area contributed by atoms with Crippen molar-refractivity contribution in [2.75, 3.05) is 39.2 Å². The maximum absolute atomic E-state index is 12.2. The van der Waals surface area contributed by atoms with E-state index in [2.05, 4.69) is 15.5 Å². The molecule has 2 fully saturated rings. The molecule has 0 bridgehead atoms. The summed E-state index contributed by atoms with van der Waals surface area (Å²) in [6.45, 7) is 3.08. The molecule has 1 saturated carbocycles. The van der Waals surface area contributed by atoms with Gasteiger partial charge in [-0.2, -0.15) is 0 Å². The monoisotopic (exact) mass is 361 g/mol. The molecule has 1 aliphatic carbocycles. The van der Waals surface area contributed by atoms with Crippen molar-refractivity contribution < 1.29 is 14.3 Å². The normalized spacial score (nSPS) is 19.3. The number of rotatable bonds is 6. The van der Waals surface area contributed by atoms with Crippen molar-refractivity contribution in [1.29, 1.82) is 0 Å². The van der Waals surface area contributed by atoms with Crippen molar-refractivity contribution in [3.05, 3.63) is 18.2 Å². The first-order chi connectivity index (χ1) is 12.7. The summed E-state index contributed by atoms with van der Waals surface area (Å²) in [5, 5.41) is 5.88. The van der Waals surface area contributed by atoms with Gasteiger partial charge < -0.3 is 25.0 Å². The molecule has 1 aliphatic heterocycles. The van der Waals surface area contributed by atoms with E-state index in [1.807, 2.05) is 0 Å². The van der Waals surface area contributed by atoms with Gasteiger partial charge in [-0.3, -0.25) is 0 Å². The van der Waals surface area contributed by atoms with E-state index in [-0.39, 0.29) is 6.03 Å². The van der Waals surface area contributed by atoms with E-state index in [0.29, 0.717) is 23.1 Å². The fourth-order valence-electron chi connectivity index (χ4n) is 4.12. The van der Waals surface area contributed by atoms with Gasteiger partial charge >= 0.3 is 6.03 Å². The van der Waals surface area contributed by atoms with Gasteiger partial charge in [-0.1, -0.05) is 12.8 Å². The van der Waals surface area contributed by atoms with Gasteiger partial charge in [-0.15, -0.1) is 0 Å². The molecule has 26 heavy (non-hydrogen) atoms. The molecule has 0 aromatic heterocycles. The number of anilines is 1. The summed E-state index contributed by atoms with van der Waals surface area (Å²) in [4.78, 5) is 14.8. The molecular formula is C20H31N3O3. The number of hydrogen-bond acceptors (Lipinski definition) is 4. The number of piperidine rings is 1. The minimum absolute atomic E-state index is 0.171. The number of amides is 2. The first kappa shape index (κ1) is 18.8. The van der Waals surface area contributed by atoms with Crippen LogP contribution in [-0.4, -0.2) is 50.8 Å². The van der Waals surface area contributed by atoms with Crippen LogP contribution in [0.4, 0.5) is 10.5 Å². The zero-order chi connectivity index (χ0) is 18.4. The third-order valence-corrected chi connectivity index (χ3v) is 5.68. The van der Waals surface area contributed by atoms with E-state index in [1.54, 1.807) is 32.4 Å². The molecule has 1 saturated heterocycles. The SMILES string of the molecule is COc1ccc(NC(=O)NCC2CCN(C3CCCC3)CC2)cc1OC. The summed E-state index contributed by atoms with van der Waals surface area (Å²) in [6.07, 6.45) is 7.87. The Labute approximate surface area is 156 Å². The zero-order valence-corrected chi connectivity index (χ0v) is 15.9. The molecule has 0 atom stereocenters. The smallest absolute Gasteiger partial charge is 0.319 e. The van der Waals surface area contributed by atoms with Crippen LogP contribution in [0.3, 0.4) is 0 Å². The second-order valence-electron chi connectivity index (χ2n) is 7.32. The third-order valence-electron chi connectivity index (χ3n) is 5.68. The van der Waals surface area contributed by atoms with Crippen LogP contribution in [0.15, 0.2) is 18.2 Å². The molecule has 1 aromatic carbocycles. The third kappa shape index (κ3) is 4.81. The molecule has 1 heterocycles. The number of urea groups is 1. The lowest BCUT2D eigenvalue weighted by molar-refractivity contribution is 0.134. The molecule has 0 radical (unpaired) electrons. The van der Waals surface area contributed by atoms with Gasteiger partial charge in [0.05, 0.1) is 14.2 Å². The molecule has 6 heteroatoms. The van der Waals surface area contributed by atoms with Crippen LogP contribution >= 0.6 is 0 Å². The van der Waals surface area contributed by atoms with Crippen molar-refractivity contribution in [2.45, 2.75) is 44.6 Å². The zero-order valence-electron chi connectivity index (χ0n) is 15.9. The number of nitrogens with zero attached hydrogens (tertiary/aromatic N) is 1. The fourth-order valence-corrected chi connectivity index (χ4v) is 4.12. The Balaban J connectivity index is 1.40. The summed E-state index contributed by atoms with van der Waals surface area (Å²) >= 11 is 0. The molecule has 6 nitrogen and oxygen atoms in total.